The van der Waals surface area contributed by atoms with E-state index in [-0.39, 0.29) is 17.9 Å². The van der Waals surface area contributed by atoms with Crippen molar-refractivity contribution in [1.82, 2.24) is 9.88 Å². The molecule has 4 aromatic rings. The van der Waals surface area contributed by atoms with Crippen LogP contribution in [-0.2, 0) is 21.7 Å². The van der Waals surface area contributed by atoms with E-state index >= 15 is 0 Å². The van der Waals surface area contributed by atoms with E-state index in [2.05, 4.69) is 4.98 Å². The maximum Gasteiger partial charge on any atom is 0.290 e. The molecule has 0 radical (unpaired) electrons. The van der Waals surface area contributed by atoms with Crippen LogP contribution in [0, 0.1) is 0 Å². The van der Waals surface area contributed by atoms with Crippen LogP contribution in [-0.4, -0.2) is 39.6 Å². The van der Waals surface area contributed by atoms with E-state index in [1.54, 1.807) is 80.1 Å². The number of para-hydroxylation sites is 2. The fourth-order valence-corrected chi connectivity index (χ4v) is 5.09. The van der Waals surface area contributed by atoms with E-state index in [1.807, 2.05) is 6.07 Å². The average Bonchev–Trinajstić information content (AvgIpc) is 3.48. The predicted molar refractivity (Wildman–Crippen MR) is 127 cm³/mol. The molecule has 1 unspecified atom stereocenters. The third kappa shape index (κ3) is 2.73. The van der Waals surface area contributed by atoms with Gasteiger partial charge in [0, 0.05) is 42.6 Å². The van der Waals surface area contributed by atoms with Gasteiger partial charge in [0.15, 0.2) is 17.1 Å². The van der Waals surface area contributed by atoms with Gasteiger partial charge >= 0.3 is 0 Å². The van der Waals surface area contributed by atoms with Crippen molar-refractivity contribution in [2.75, 3.05) is 11.9 Å². The summed E-state index contributed by atoms with van der Waals surface area (Å²) in [6, 6.07) is 19.1. The van der Waals surface area contributed by atoms with E-state index < -0.39 is 28.9 Å². The molecule has 2 aromatic carbocycles. The van der Waals surface area contributed by atoms with Crippen LogP contribution in [0.3, 0.4) is 0 Å². The van der Waals surface area contributed by atoms with Gasteiger partial charge in [-0.05, 0) is 29.8 Å². The molecule has 0 saturated heterocycles. The number of aliphatic hydroxyl groups excluding tert-OH is 1. The fourth-order valence-electron chi connectivity index (χ4n) is 5.09. The summed E-state index contributed by atoms with van der Waals surface area (Å²) in [6.07, 6.45) is 3.17. The van der Waals surface area contributed by atoms with Gasteiger partial charge in [0.2, 0.25) is 5.78 Å². The van der Waals surface area contributed by atoms with Gasteiger partial charge in [-0.1, -0.05) is 42.5 Å². The van der Waals surface area contributed by atoms with Crippen molar-refractivity contribution in [1.29, 1.82) is 0 Å². The quantitative estimate of drug-likeness (QED) is 0.461. The number of benzene rings is 2. The van der Waals surface area contributed by atoms with Gasteiger partial charge in [0.05, 0.1) is 5.57 Å². The molecular formula is C27H19N3O5. The number of furan rings is 1. The van der Waals surface area contributed by atoms with Crippen LogP contribution in [0.5, 0.6) is 0 Å². The Morgan fingerprint density at radius 2 is 1.83 bits per heavy atom. The minimum Gasteiger partial charge on any atom is -0.503 e. The Morgan fingerprint density at radius 3 is 2.60 bits per heavy atom. The van der Waals surface area contributed by atoms with Crippen LogP contribution < -0.4 is 4.90 Å². The maximum atomic E-state index is 14.0. The number of hydrogen-bond acceptors (Lipinski definition) is 6. The highest BCUT2D eigenvalue weighted by atomic mass is 16.3. The largest absolute Gasteiger partial charge is 0.503 e. The first-order chi connectivity index (χ1) is 16.9. The smallest absolute Gasteiger partial charge is 0.290 e. The SMILES string of the molecule is CN1C(=O)C2(C(C(=O)c3cc4ccccc4o3)=C(O)C(=O)N2Cc2cccnc2)c2ccccc21. The summed E-state index contributed by atoms with van der Waals surface area (Å²) in [4.78, 5) is 48.2. The second kappa shape index (κ2) is 7.39. The molecule has 6 rings (SSSR count). The standard InChI is InChI=1S/C27H19N3O5/c1-29-19-10-4-3-9-18(19)27(26(29)34)22(23(31)21-13-17-8-2-5-11-20(17)35-21)24(32)25(33)30(27)15-16-7-6-12-28-14-16/h2-14,32H,15H2,1H3. The molecular weight excluding hydrogens is 446 g/mol. The Kier molecular flexibility index (Phi) is 4.41. The van der Waals surface area contributed by atoms with Gasteiger partial charge in [0.25, 0.3) is 11.8 Å². The Balaban J connectivity index is 1.59. The maximum absolute atomic E-state index is 14.0. The van der Waals surface area contributed by atoms with Crippen molar-refractivity contribution >= 4 is 34.3 Å². The molecule has 0 bridgehead atoms. The summed E-state index contributed by atoms with van der Waals surface area (Å²) in [5, 5.41) is 11.8. The number of carbonyl (C=O) groups excluding carboxylic acids is 3. The summed E-state index contributed by atoms with van der Waals surface area (Å²) >= 11 is 0. The molecule has 172 valence electrons. The van der Waals surface area contributed by atoms with E-state index in [0.29, 0.717) is 27.8 Å². The molecule has 2 aliphatic rings. The fraction of sp³-hybridized carbons (Fsp3) is 0.111. The molecule has 8 heteroatoms. The van der Waals surface area contributed by atoms with E-state index in [4.69, 9.17) is 4.42 Å². The summed E-state index contributed by atoms with van der Waals surface area (Å²) in [7, 11) is 1.58. The zero-order chi connectivity index (χ0) is 24.3. The van der Waals surface area contributed by atoms with E-state index in [0.717, 1.165) is 0 Å². The lowest BCUT2D eigenvalue weighted by Gasteiger charge is -2.35. The van der Waals surface area contributed by atoms with Crippen molar-refractivity contribution in [3.8, 4) is 0 Å². The first-order valence-electron chi connectivity index (χ1n) is 11.0. The van der Waals surface area contributed by atoms with Crippen LogP contribution >= 0.6 is 0 Å². The van der Waals surface area contributed by atoms with Crippen LogP contribution in [0.15, 0.2) is 94.9 Å². The second-order valence-corrected chi connectivity index (χ2v) is 8.55. The number of pyridine rings is 1. The number of rotatable bonds is 4. The lowest BCUT2D eigenvalue weighted by Crippen LogP contribution is -2.53. The summed E-state index contributed by atoms with van der Waals surface area (Å²) in [5.74, 6) is -2.88. The van der Waals surface area contributed by atoms with Crippen LogP contribution in [0.1, 0.15) is 21.7 Å². The normalized spacial score (nSPS) is 19.3. The highest BCUT2D eigenvalue weighted by Crippen LogP contribution is 2.53. The minimum atomic E-state index is -1.85. The summed E-state index contributed by atoms with van der Waals surface area (Å²) in [6.45, 7) is -0.0401. The molecule has 35 heavy (non-hydrogen) atoms. The third-order valence-corrected chi connectivity index (χ3v) is 6.66. The molecule has 1 atom stereocenters. The van der Waals surface area contributed by atoms with Crippen LogP contribution in [0.2, 0.25) is 0 Å². The number of carbonyl (C=O) groups is 3. The Hall–Kier alpha value is -4.72. The number of amides is 2. The van der Waals surface area contributed by atoms with Gasteiger partial charge < -0.3 is 19.3 Å². The van der Waals surface area contributed by atoms with E-state index in [9.17, 15) is 19.5 Å². The molecule has 8 nitrogen and oxygen atoms in total. The number of nitrogens with zero attached hydrogens (tertiary/aromatic N) is 3. The highest BCUT2D eigenvalue weighted by Gasteiger charge is 2.65. The Labute approximate surface area is 199 Å². The first-order valence-corrected chi connectivity index (χ1v) is 11.0. The zero-order valence-corrected chi connectivity index (χ0v) is 18.6. The van der Waals surface area contributed by atoms with Crippen molar-refractivity contribution in [2.45, 2.75) is 12.1 Å². The van der Waals surface area contributed by atoms with Crippen molar-refractivity contribution < 1.29 is 23.9 Å². The number of ketones is 1. The molecule has 2 aliphatic heterocycles. The lowest BCUT2D eigenvalue weighted by atomic mass is 9.81. The molecule has 1 N–H and O–H groups in total. The first kappa shape index (κ1) is 20.9. The number of Topliss-reactive ketones (excluding diaryl/α,β-unsaturated/α-hetero) is 1. The van der Waals surface area contributed by atoms with Crippen molar-refractivity contribution in [3.63, 3.8) is 0 Å². The number of fused-ring (bicyclic) bond motifs is 3. The summed E-state index contributed by atoms with van der Waals surface area (Å²) in [5.41, 5.74) is -0.0491. The number of anilines is 1. The minimum absolute atomic E-state index is 0.0401. The number of aliphatic hydroxyl groups is 1. The number of likely N-dealkylation sites (N-methyl/N-ethyl adjacent to an activating group) is 1. The molecule has 2 amide bonds. The molecule has 0 saturated carbocycles. The van der Waals surface area contributed by atoms with Crippen molar-refractivity contribution in [3.05, 3.63) is 107 Å². The van der Waals surface area contributed by atoms with Gasteiger partial charge in [-0.2, -0.15) is 0 Å². The van der Waals surface area contributed by atoms with Crippen LogP contribution in [0.25, 0.3) is 11.0 Å². The highest BCUT2D eigenvalue weighted by molar-refractivity contribution is 6.26. The monoisotopic (exact) mass is 465 g/mol. The number of aromatic nitrogens is 1. The Bertz CT molecular complexity index is 1540. The van der Waals surface area contributed by atoms with Crippen molar-refractivity contribution in [2.24, 2.45) is 0 Å². The summed E-state index contributed by atoms with van der Waals surface area (Å²) < 4.78 is 5.77. The third-order valence-electron chi connectivity index (χ3n) is 6.66. The topological polar surface area (TPSA) is 104 Å². The molecule has 0 aliphatic carbocycles. The zero-order valence-electron chi connectivity index (χ0n) is 18.6. The lowest BCUT2D eigenvalue weighted by molar-refractivity contribution is -0.140. The van der Waals surface area contributed by atoms with Gasteiger partial charge in [0.1, 0.15) is 5.58 Å². The van der Waals surface area contributed by atoms with Gasteiger partial charge in [-0.25, -0.2) is 0 Å². The molecule has 0 fully saturated rings. The molecule has 2 aromatic heterocycles. The Morgan fingerprint density at radius 1 is 1.06 bits per heavy atom. The van der Waals surface area contributed by atoms with Gasteiger partial charge in [-0.15, -0.1) is 0 Å². The predicted octanol–water partition coefficient (Wildman–Crippen LogP) is 3.74. The average molecular weight is 465 g/mol. The second-order valence-electron chi connectivity index (χ2n) is 8.55. The molecule has 4 heterocycles. The van der Waals surface area contributed by atoms with Crippen LogP contribution in [0.4, 0.5) is 5.69 Å². The van der Waals surface area contributed by atoms with E-state index in [1.165, 1.54) is 9.80 Å². The number of hydrogen-bond donors (Lipinski definition) is 1. The van der Waals surface area contributed by atoms with Gasteiger partial charge in [-0.3, -0.25) is 19.4 Å². The molecule has 1 spiro atoms.